The van der Waals surface area contributed by atoms with Crippen LogP contribution in [0.15, 0.2) is 12.1 Å². The van der Waals surface area contributed by atoms with Gasteiger partial charge in [-0.1, -0.05) is 33.0 Å². The second-order valence-corrected chi connectivity index (χ2v) is 5.19. The fraction of sp³-hybridized carbons (Fsp3) is 0.462. The van der Waals surface area contributed by atoms with Crippen molar-refractivity contribution in [3.05, 3.63) is 29.3 Å². The minimum absolute atomic E-state index is 0.0649. The van der Waals surface area contributed by atoms with Crippen molar-refractivity contribution < 1.29 is 8.78 Å². The van der Waals surface area contributed by atoms with E-state index in [9.17, 15) is 8.78 Å². The number of rotatable bonds is 5. The molecule has 0 aliphatic heterocycles. The average Bonchev–Trinajstić information content (AvgIpc) is 2.30. The molecule has 1 unspecified atom stereocenters. The Balaban J connectivity index is 2.86. The predicted molar refractivity (Wildman–Crippen MR) is 74.7 cm³/mol. The van der Waals surface area contributed by atoms with Gasteiger partial charge in [-0.25, -0.2) is 8.78 Å². The molecule has 0 fully saturated rings. The van der Waals surface area contributed by atoms with Gasteiger partial charge in [0.1, 0.15) is 4.99 Å². The van der Waals surface area contributed by atoms with Gasteiger partial charge < -0.3 is 11.1 Å². The molecule has 0 saturated carbocycles. The number of hydrogen-bond acceptors (Lipinski definition) is 2. The maximum absolute atomic E-state index is 13.7. The zero-order chi connectivity index (χ0) is 13.9. The first-order valence-electron chi connectivity index (χ1n) is 5.86. The fourth-order valence-corrected chi connectivity index (χ4v) is 1.54. The number of nitrogens with one attached hydrogen (secondary N) is 1. The Morgan fingerprint density at radius 3 is 2.39 bits per heavy atom. The Bertz CT molecular complexity index is 447. The lowest BCUT2D eigenvalue weighted by Crippen LogP contribution is -2.18. The van der Waals surface area contributed by atoms with E-state index in [-0.39, 0.29) is 16.2 Å². The van der Waals surface area contributed by atoms with E-state index >= 15 is 0 Å². The first-order valence-corrected chi connectivity index (χ1v) is 6.27. The second kappa shape index (κ2) is 6.09. The first kappa shape index (κ1) is 14.8. The van der Waals surface area contributed by atoms with Crippen LogP contribution < -0.4 is 11.1 Å². The SMILES string of the molecule is CC(C)C(C)CNc1ccc(C(N)=S)c(F)c1F. The van der Waals surface area contributed by atoms with Gasteiger partial charge in [0.25, 0.3) is 0 Å². The van der Waals surface area contributed by atoms with Crippen LogP contribution in [0.3, 0.4) is 0 Å². The summed E-state index contributed by atoms with van der Waals surface area (Å²) in [4.78, 5) is -0.145. The standard InChI is InChI=1S/C13H18F2N2S/c1-7(2)8(3)6-17-10-5-4-9(13(16)18)11(14)12(10)15/h4-5,7-8,17H,6H2,1-3H3,(H2,16,18). The molecule has 0 spiro atoms. The molecule has 0 amide bonds. The van der Waals surface area contributed by atoms with Crippen LogP contribution in [0.4, 0.5) is 14.5 Å². The summed E-state index contributed by atoms with van der Waals surface area (Å²) in [7, 11) is 0. The smallest absolute Gasteiger partial charge is 0.182 e. The van der Waals surface area contributed by atoms with Crippen LogP contribution >= 0.6 is 12.2 Å². The van der Waals surface area contributed by atoms with Crippen LogP contribution in [0.5, 0.6) is 0 Å². The van der Waals surface area contributed by atoms with Gasteiger partial charge in [0.2, 0.25) is 0 Å². The zero-order valence-corrected chi connectivity index (χ0v) is 11.6. The third-order valence-electron chi connectivity index (χ3n) is 3.10. The molecule has 1 aromatic rings. The number of benzene rings is 1. The molecule has 0 bridgehead atoms. The van der Waals surface area contributed by atoms with Crippen molar-refractivity contribution in [1.82, 2.24) is 0 Å². The highest BCUT2D eigenvalue weighted by molar-refractivity contribution is 7.80. The van der Waals surface area contributed by atoms with Crippen molar-refractivity contribution in [2.45, 2.75) is 20.8 Å². The van der Waals surface area contributed by atoms with Crippen molar-refractivity contribution in [3.8, 4) is 0 Å². The van der Waals surface area contributed by atoms with Crippen molar-refractivity contribution in [3.63, 3.8) is 0 Å². The molecule has 1 aromatic carbocycles. The highest BCUT2D eigenvalue weighted by Crippen LogP contribution is 2.21. The van der Waals surface area contributed by atoms with Gasteiger partial charge in [-0.05, 0) is 24.0 Å². The second-order valence-electron chi connectivity index (χ2n) is 4.76. The number of anilines is 1. The molecule has 18 heavy (non-hydrogen) atoms. The van der Waals surface area contributed by atoms with E-state index in [1.165, 1.54) is 12.1 Å². The molecule has 1 atom stereocenters. The number of nitrogens with two attached hydrogens (primary N) is 1. The molecule has 3 N–H and O–H groups in total. The summed E-state index contributed by atoms with van der Waals surface area (Å²) < 4.78 is 27.3. The molecule has 0 radical (unpaired) electrons. The summed E-state index contributed by atoms with van der Waals surface area (Å²) in [6.07, 6.45) is 0. The highest BCUT2D eigenvalue weighted by Gasteiger charge is 2.15. The monoisotopic (exact) mass is 272 g/mol. The summed E-state index contributed by atoms with van der Waals surface area (Å²) >= 11 is 4.64. The van der Waals surface area contributed by atoms with Gasteiger partial charge >= 0.3 is 0 Å². The van der Waals surface area contributed by atoms with Crippen molar-refractivity contribution in [1.29, 1.82) is 0 Å². The number of halogens is 2. The normalized spacial score (nSPS) is 12.6. The lowest BCUT2D eigenvalue weighted by molar-refractivity contribution is 0.438. The third-order valence-corrected chi connectivity index (χ3v) is 3.32. The minimum atomic E-state index is -0.996. The van der Waals surface area contributed by atoms with Crippen molar-refractivity contribution >= 4 is 22.9 Å². The highest BCUT2D eigenvalue weighted by atomic mass is 32.1. The molecule has 0 aromatic heterocycles. The van der Waals surface area contributed by atoms with Crippen LogP contribution in [0.25, 0.3) is 0 Å². The third kappa shape index (κ3) is 3.38. The maximum Gasteiger partial charge on any atom is 0.182 e. The van der Waals surface area contributed by atoms with Gasteiger partial charge in [0.15, 0.2) is 11.6 Å². The number of hydrogen-bond donors (Lipinski definition) is 2. The quantitative estimate of drug-likeness (QED) is 0.808. The summed E-state index contributed by atoms with van der Waals surface area (Å²) in [5, 5.41) is 2.90. The van der Waals surface area contributed by atoms with E-state index in [1.54, 1.807) is 0 Å². The van der Waals surface area contributed by atoms with E-state index in [0.29, 0.717) is 18.4 Å². The molecule has 100 valence electrons. The van der Waals surface area contributed by atoms with Crippen molar-refractivity contribution in [2.75, 3.05) is 11.9 Å². The van der Waals surface area contributed by atoms with Gasteiger partial charge in [-0.15, -0.1) is 0 Å². The van der Waals surface area contributed by atoms with Gasteiger partial charge in [-0.3, -0.25) is 0 Å². The van der Waals surface area contributed by atoms with E-state index in [2.05, 4.69) is 38.3 Å². The predicted octanol–water partition coefficient (Wildman–Crippen LogP) is 3.30. The Labute approximate surface area is 112 Å². The Morgan fingerprint density at radius 1 is 1.28 bits per heavy atom. The molecule has 5 heteroatoms. The fourth-order valence-electron chi connectivity index (χ4n) is 1.38. The lowest BCUT2D eigenvalue weighted by atomic mass is 9.98. The first-order chi connectivity index (χ1) is 8.34. The van der Waals surface area contributed by atoms with Crippen molar-refractivity contribution in [2.24, 2.45) is 17.6 Å². The molecule has 0 aliphatic rings. The summed E-state index contributed by atoms with van der Waals surface area (Å²) in [6.45, 7) is 6.80. The molecular formula is C13H18F2N2S. The summed E-state index contributed by atoms with van der Waals surface area (Å²) in [5.74, 6) is -1.09. The summed E-state index contributed by atoms with van der Waals surface area (Å²) in [6, 6.07) is 2.85. The summed E-state index contributed by atoms with van der Waals surface area (Å²) in [5.41, 5.74) is 5.37. The molecule has 0 aliphatic carbocycles. The van der Waals surface area contributed by atoms with Crippen LogP contribution in [-0.4, -0.2) is 11.5 Å². The van der Waals surface area contributed by atoms with Crippen LogP contribution in [-0.2, 0) is 0 Å². The van der Waals surface area contributed by atoms with Crippen LogP contribution in [0, 0.1) is 23.5 Å². The van der Waals surface area contributed by atoms with E-state index in [1.807, 2.05) is 0 Å². The van der Waals surface area contributed by atoms with Gasteiger partial charge in [0, 0.05) is 12.1 Å². The van der Waals surface area contributed by atoms with E-state index in [0.717, 1.165) is 0 Å². The number of thiocarbonyl (C=S) groups is 1. The Kier molecular flexibility index (Phi) is 5.02. The molecular weight excluding hydrogens is 254 g/mol. The van der Waals surface area contributed by atoms with Crippen LogP contribution in [0.2, 0.25) is 0 Å². The minimum Gasteiger partial charge on any atom is -0.389 e. The van der Waals surface area contributed by atoms with E-state index in [4.69, 9.17) is 5.73 Å². The molecule has 0 heterocycles. The maximum atomic E-state index is 13.7. The van der Waals surface area contributed by atoms with Gasteiger partial charge in [-0.2, -0.15) is 0 Å². The Morgan fingerprint density at radius 2 is 1.89 bits per heavy atom. The average molecular weight is 272 g/mol. The zero-order valence-electron chi connectivity index (χ0n) is 10.8. The Hall–Kier alpha value is -1.23. The van der Waals surface area contributed by atoms with E-state index < -0.39 is 11.6 Å². The molecule has 1 rings (SSSR count). The molecule has 2 nitrogen and oxygen atoms in total. The topological polar surface area (TPSA) is 38.0 Å². The van der Waals surface area contributed by atoms with Crippen LogP contribution in [0.1, 0.15) is 26.3 Å². The lowest BCUT2D eigenvalue weighted by Gasteiger charge is -2.17. The molecule has 0 saturated heterocycles. The van der Waals surface area contributed by atoms with Gasteiger partial charge in [0.05, 0.1) is 5.69 Å². The largest absolute Gasteiger partial charge is 0.389 e.